The van der Waals surface area contributed by atoms with Crippen molar-refractivity contribution in [3.8, 4) is 0 Å². The van der Waals surface area contributed by atoms with Crippen LogP contribution >= 0.6 is 0 Å². The second-order valence-corrected chi connectivity index (χ2v) is 6.80. The van der Waals surface area contributed by atoms with Crippen molar-refractivity contribution in [3.63, 3.8) is 0 Å². The van der Waals surface area contributed by atoms with Crippen LogP contribution in [0.15, 0.2) is 24.7 Å². The molecule has 2 rings (SSSR count). The maximum Gasteiger partial charge on any atom is 0.255 e. The van der Waals surface area contributed by atoms with E-state index in [9.17, 15) is 4.79 Å². The fraction of sp³-hybridized carbons (Fsp3) is 0.632. The highest BCUT2D eigenvalue weighted by atomic mass is 16.1. The Morgan fingerprint density at radius 2 is 1.67 bits per heavy atom. The Balaban J connectivity index is 1.34. The van der Waals surface area contributed by atoms with Gasteiger partial charge in [-0.25, -0.2) is 9.67 Å². The summed E-state index contributed by atoms with van der Waals surface area (Å²) in [7, 11) is 0. The summed E-state index contributed by atoms with van der Waals surface area (Å²) in [6, 6.07) is 3.42. The Labute approximate surface area is 160 Å². The first-order chi connectivity index (χ1) is 13.3. The lowest BCUT2D eigenvalue weighted by Gasteiger charge is -2.07. The molecule has 0 aromatic carbocycles. The molecule has 2 heterocycles. The highest BCUT2D eigenvalue weighted by Crippen LogP contribution is 2.11. The molecule has 1 amide bonds. The van der Waals surface area contributed by atoms with Crippen molar-refractivity contribution in [2.75, 3.05) is 12.3 Å². The summed E-state index contributed by atoms with van der Waals surface area (Å²) in [5, 5.41) is 14.0. The number of nitrogens with one attached hydrogen (secondary N) is 1. The smallest absolute Gasteiger partial charge is 0.255 e. The molecule has 0 saturated carbocycles. The first-order valence-corrected chi connectivity index (χ1v) is 9.97. The van der Waals surface area contributed by atoms with Crippen LogP contribution in [0.4, 0.5) is 5.82 Å². The molecule has 2 aromatic rings. The van der Waals surface area contributed by atoms with Crippen LogP contribution in [0.3, 0.4) is 0 Å². The molecule has 0 saturated heterocycles. The van der Waals surface area contributed by atoms with Crippen molar-refractivity contribution in [1.29, 1.82) is 0 Å². The van der Waals surface area contributed by atoms with E-state index in [1.54, 1.807) is 29.3 Å². The van der Waals surface area contributed by atoms with Gasteiger partial charge >= 0.3 is 0 Å². The van der Waals surface area contributed by atoms with E-state index in [0.717, 1.165) is 25.8 Å². The number of rotatable bonds is 14. The van der Waals surface area contributed by atoms with Gasteiger partial charge in [0, 0.05) is 19.3 Å². The summed E-state index contributed by atoms with van der Waals surface area (Å²) in [4.78, 5) is 15.9. The molecule has 27 heavy (non-hydrogen) atoms. The first-order valence-electron chi connectivity index (χ1n) is 9.97. The lowest BCUT2D eigenvalue weighted by molar-refractivity contribution is 0.0953. The molecule has 0 spiro atoms. The Hall–Kier alpha value is -2.51. The van der Waals surface area contributed by atoms with Crippen LogP contribution in [-0.4, -0.2) is 37.6 Å². The number of tetrazole rings is 1. The zero-order valence-corrected chi connectivity index (χ0v) is 16.0. The maximum atomic E-state index is 12.0. The Bertz CT molecular complexity index is 645. The molecule has 8 nitrogen and oxygen atoms in total. The molecule has 0 aliphatic rings. The van der Waals surface area contributed by atoms with Crippen LogP contribution in [0.25, 0.3) is 0 Å². The summed E-state index contributed by atoms with van der Waals surface area (Å²) in [5.74, 6) is 0.145. The summed E-state index contributed by atoms with van der Waals surface area (Å²) >= 11 is 0. The third kappa shape index (κ3) is 8.61. The van der Waals surface area contributed by atoms with Gasteiger partial charge in [-0.15, -0.1) is 5.10 Å². The number of aromatic nitrogens is 5. The van der Waals surface area contributed by atoms with Crippen LogP contribution in [0.1, 0.15) is 74.6 Å². The quantitative estimate of drug-likeness (QED) is 0.492. The summed E-state index contributed by atoms with van der Waals surface area (Å²) in [5.41, 5.74) is 6.15. The number of unbranched alkanes of at least 4 members (excludes halogenated alkanes) is 9. The van der Waals surface area contributed by atoms with E-state index < -0.39 is 0 Å². The molecule has 2 aromatic heterocycles. The van der Waals surface area contributed by atoms with E-state index in [1.807, 2.05) is 0 Å². The highest BCUT2D eigenvalue weighted by Gasteiger charge is 2.08. The van der Waals surface area contributed by atoms with Gasteiger partial charge in [-0.05, 0) is 35.4 Å². The molecule has 0 fully saturated rings. The van der Waals surface area contributed by atoms with Crippen molar-refractivity contribution in [1.82, 2.24) is 30.5 Å². The van der Waals surface area contributed by atoms with Crippen molar-refractivity contribution < 1.29 is 4.79 Å². The predicted octanol–water partition coefficient (Wildman–Crippen LogP) is 2.98. The number of carbonyl (C=O) groups excluding carboxylic acids is 1. The Morgan fingerprint density at radius 1 is 1.00 bits per heavy atom. The normalized spacial score (nSPS) is 10.8. The topological polar surface area (TPSA) is 112 Å². The molecular weight excluding hydrogens is 342 g/mol. The van der Waals surface area contributed by atoms with E-state index in [1.165, 1.54) is 44.9 Å². The third-order valence-corrected chi connectivity index (χ3v) is 4.57. The number of amides is 1. The molecule has 0 aliphatic carbocycles. The van der Waals surface area contributed by atoms with E-state index in [2.05, 4.69) is 25.8 Å². The SMILES string of the molecule is Nc1ncccc1C(=O)NCCCCCCCCCCCCn1cnnn1. The van der Waals surface area contributed by atoms with Gasteiger partial charge < -0.3 is 11.1 Å². The van der Waals surface area contributed by atoms with Crippen molar-refractivity contribution in [3.05, 3.63) is 30.2 Å². The van der Waals surface area contributed by atoms with Crippen LogP contribution in [-0.2, 0) is 6.54 Å². The zero-order valence-electron chi connectivity index (χ0n) is 16.0. The number of carbonyl (C=O) groups is 1. The van der Waals surface area contributed by atoms with Crippen LogP contribution in [0, 0.1) is 0 Å². The second-order valence-electron chi connectivity index (χ2n) is 6.80. The number of anilines is 1. The van der Waals surface area contributed by atoms with Gasteiger partial charge in [-0.3, -0.25) is 4.79 Å². The fourth-order valence-electron chi connectivity index (χ4n) is 3.00. The third-order valence-electron chi connectivity index (χ3n) is 4.57. The van der Waals surface area contributed by atoms with Crippen LogP contribution < -0.4 is 11.1 Å². The van der Waals surface area contributed by atoms with Crippen molar-refractivity contribution in [2.45, 2.75) is 70.8 Å². The van der Waals surface area contributed by atoms with Gasteiger partial charge in [0.15, 0.2) is 0 Å². The number of pyridine rings is 1. The fourth-order valence-corrected chi connectivity index (χ4v) is 3.00. The van der Waals surface area contributed by atoms with Crippen LogP contribution in [0.2, 0.25) is 0 Å². The van der Waals surface area contributed by atoms with Crippen molar-refractivity contribution in [2.24, 2.45) is 0 Å². The number of nitrogens with zero attached hydrogens (tertiary/aromatic N) is 5. The minimum Gasteiger partial charge on any atom is -0.383 e. The Morgan fingerprint density at radius 3 is 2.30 bits per heavy atom. The highest BCUT2D eigenvalue weighted by molar-refractivity contribution is 5.98. The van der Waals surface area contributed by atoms with Crippen LogP contribution in [0.5, 0.6) is 0 Å². The van der Waals surface area contributed by atoms with E-state index in [4.69, 9.17) is 5.73 Å². The zero-order chi connectivity index (χ0) is 19.2. The number of aryl methyl sites for hydroxylation is 1. The number of hydrogen-bond acceptors (Lipinski definition) is 6. The molecule has 0 radical (unpaired) electrons. The molecule has 0 atom stereocenters. The van der Waals surface area contributed by atoms with Gasteiger partial charge in [-0.2, -0.15) is 0 Å². The number of nitrogen functional groups attached to an aromatic ring is 1. The lowest BCUT2D eigenvalue weighted by Crippen LogP contribution is -2.25. The average Bonchev–Trinajstić information content (AvgIpc) is 3.19. The van der Waals surface area contributed by atoms with Gasteiger partial charge in [0.05, 0.1) is 5.56 Å². The summed E-state index contributed by atoms with van der Waals surface area (Å²) in [6.07, 6.45) is 15.5. The molecule has 8 heteroatoms. The molecule has 0 aliphatic heterocycles. The summed E-state index contributed by atoms with van der Waals surface area (Å²) in [6.45, 7) is 1.60. The standard InChI is InChI=1S/C19H31N7O/c20-18-17(12-11-14-21-18)19(27)22-13-9-7-5-3-1-2-4-6-8-10-15-26-16-23-24-25-26/h11-12,14,16H,1-10,13,15H2,(H2,20,21)(H,22,27). The largest absolute Gasteiger partial charge is 0.383 e. The van der Waals surface area contributed by atoms with Gasteiger partial charge in [0.25, 0.3) is 5.91 Å². The van der Waals surface area contributed by atoms with Gasteiger partial charge in [0.1, 0.15) is 12.1 Å². The minimum atomic E-state index is -0.138. The maximum absolute atomic E-state index is 12.0. The molecule has 3 N–H and O–H groups in total. The number of hydrogen-bond donors (Lipinski definition) is 2. The predicted molar refractivity (Wildman–Crippen MR) is 105 cm³/mol. The second kappa shape index (κ2) is 12.8. The van der Waals surface area contributed by atoms with Crippen molar-refractivity contribution >= 4 is 11.7 Å². The molecule has 0 unspecified atom stereocenters. The van der Waals surface area contributed by atoms with Gasteiger partial charge in [-0.1, -0.05) is 51.4 Å². The minimum absolute atomic E-state index is 0.138. The Kier molecular flexibility index (Phi) is 9.84. The lowest BCUT2D eigenvalue weighted by atomic mass is 10.1. The molecule has 148 valence electrons. The monoisotopic (exact) mass is 373 g/mol. The average molecular weight is 374 g/mol. The van der Waals surface area contributed by atoms with E-state index in [-0.39, 0.29) is 11.7 Å². The van der Waals surface area contributed by atoms with Gasteiger partial charge in [0.2, 0.25) is 0 Å². The first kappa shape index (κ1) is 20.8. The number of nitrogens with two attached hydrogens (primary N) is 1. The molecular formula is C19H31N7O. The summed E-state index contributed by atoms with van der Waals surface area (Å²) < 4.78 is 1.79. The van der Waals surface area contributed by atoms with E-state index >= 15 is 0 Å². The molecule has 0 bridgehead atoms. The van der Waals surface area contributed by atoms with E-state index in [0.29, 0.717) is 12.1 Å².